The zero-order valence-electron chi connectivity index (χ0n) is 8.89. The molecular weight excluding hydrogens is 182 g/mol. The predicted molar refractivity (Wildman–Crippen MR) is 62.4 cm³/mol. The third-order valence-corrected chi connectivity index (χ3v) is 3.95. The van der Waals surface area contributed by atoms with Crippen molar-refractivity contribution in [1.82, 2.24) is 0 Å². The van der Waals surface area contributed by atoms with Crippen molar-refractivity contribution >= 4 is 0 Å². The van der Waals surface area contributed by atoms with Gasteiger partial charge in [0.05, 0.1) is 0 Å². The van der Waals surface area contributed by atoms with Gasteiger partial charge in [-0.1, -0.05) is 36.4 Å². The standard InChI is InChI=1S/C14H17N/c15-9-12-3-1-2-4-13(12)14-8-10-5-6-11(14)7-10/h1-6,10-11,14H,7-9,15H2. The van der Waals surface area contributed by atoms with Crippen molar-refractivity contribution < 1.29 is 0 Å². The first kappa shape index (κ1) is 9.17. The van der Waals surface area contributed by atoms with E-state index in [0.29, 0.717) is 6.54 Å². The van der Waals surface area contributed by atoms with E-state index in [4.69, 9.17) is 5.73 Å². The SMILES string of the molecule is NCc1ccccc1C1CC2C=CC1C2. The monoisotopic (exact) mass is 199 g/mol. The summed E-state index contributed by atoms with van der Waals surface area (Å²) in [7, 11) is 0. The molecule has 0 amide bonds. The molecular formula is C14H17N. The highest BCUT2D eigenvalue weighted by molar-refractivity contribution is 5.34. The summed E-state index contributed by atoms with van der Waals surface area (Å²) in [6.45, 7) is 0.674. The summed E-state index contributed by atoms with van der Waals surface area (Å²) in [6, 6.07) is 8.67. The Morgan fingerprint density at radius 2 is 2.00 bits per heavy atom. The van der Waals surface area contributed by atoms with E-state index in [1.807, 2.05) is 0 Å². The van der Waals surface area contributed by atoms with Crippen LogP contribution in [-0.4, -0.2) is 0 Å². The molecule has 0 aromatic heterocycles. The van der Waals surface area contributed by atoms with Crippen molar-refractivity contribution in [2.45, 2.75) is 25.3 Å². The maximum Gasteiger partial charge on any atom is 0.0180 e. The van der Waals surface area contributed by atoms with Crippen LogP contribution in [0.25, 0.3) is 0 Å². The fraction of sp³-hybridized carbons (Fsp3) is 0.429. The molecule has 0 saturated heterocycles. The lowest BCUT2D eigenvalue weighted by Gasteiger charge is -2.21. The molecule has 78 valence electrons. The molecule has 2 aliphatic rings. The van der Waals surface area contributed by atoms with Gasteiger partial charge in [0.15, 0.2) is 0 Å². The smallest absolute Gasteiger partial charge is 0.0180 e. The summed E-state index contributed by atoms with van der Waals surface area (Å²) < 4.78 is 0. The van der Waals surface area contributed by atoms with Crippen LogP contribution in [0.15, 0.2) is 36.4 Å². The molecule has 0 heterocycles. The second kappa shape index (κ2) is 3.49. The number of benzene rings is 1. The summed E-state index contributed by atoms with van der Waals surface area (Å²) in [6.07, 6.45) is 7.50. The van der Waals surface area contributed by atoms with Gasteiger partial charge in [-0.3, -0.25) is 0 Å². The van der Waals surface area contributed by atoms with Crippen LogP contribution in [0.5, 0.6) is 0 Å². The first-order valence-corrected chi connectivity index (χ1v) is 5.84. The van der Waals surface area contributed by atoms with Crippen LogP contribution in [-0.2, 0) is 6.54 Å². The summed E-state index contributed by atoms with van der Waals surface area (Å²) in [5.41, 5.74) is 8.63. The molecule has 0 radical (unpaired) electrons. The molecule has 0 spiro atoms. The van der Waals surface area contributed by atoms with Crippen LogP contribution in [0.3, 0.4) is 0 Å². The highest BCUT2D eigenvalue weighted by Gasteiger charge is 2.36. The number of fused-ring (bicyclic) bond motifs is 2. The third kappa shape index (κ3) is 1.42. The minimum atomic E-state index is 0.674. The Morgan fingerprint density at radius 3 is 2.67 bits per heavy atom. The second-order valence-electron chi connectivity index (χ2n) is 4.79. The van der Waals surface area contributed by atoms with Crippen LogP contribution in [0.2, 0.25) is 0 Å². The molecule has 2 aliphatic carbocycles. The summed E-state index contributed by atoms with van der Waals surface area (Å²) >= 11 is 0. The number of hydrogen-bond acceptors (Lipinski definition) is 1. The molecule has 2 N–H and O–H groups in total. The molecule has 1 heteroatoms. The lowest BCUT2D eigenvalue weighted by Crippen LogP contribution is -2.10. The second-order valence-corrected chi connectivity index (χ2v) is 4.79. The zero-order valence-corrected chi connectivity index (χ0v) is 8.89. The van der Waals surface area contributed by atoms with E-state index in [0.717, 1.165) is 17.8 Å². The molecule has 1 saturated carbocycles. The van der Waals surface area contributed by atoms with Gasteiger partial charge in [0.2, 0.25) is 0 Å². The van der Waals surface area contributed by atoms with E-state index in [-0.39, 0.29) is 0 Å². The molecule has 0 aliphatic heterocycles. The van der Waals surface area contributed by atoms with Crippen LogP contribution in [0.4, 0.5) is 0 Å². The van der Waals surface area contributed by atoms with Gasteiger partial charge in [0, 0.05) is 6.54 Å². The first-order valence-electron chi connectivity index (χ1n) is 5.84. The predicted octanol–water partition coefficient (Wildman–Crippen LogP) is 2.82. The van der Waals surface area contributed by atoms with Gasteiger partial charge in [0.1, 0.15) is 0 Å². The zero-order chi connectivity index (χ0) is 10.3. The van der Waals surface area contributed by atoms with E-state index < -0.39 is 0 Å². The van der Waals surface area contributed by atoms with Crippen LogP contribution < -0.4 is 5.73 Å². The fourth-order valence-electron chi connectivity index (χ4n) is 3.22. The highest BCUT2D eigenvalue weighted by Crippen LogP contribution is 2.49. The molecule has 2 bridgehead atoms. The molecule has 1 nitrogen and oxygen atoms in total. The summed E-state index contributed by atoms with van der Waals surface area (Å²) in [5, 5.41) is 0. The fourth-order valence-corrected chi connectivity index (χ4v) is 3.22. The van der Waals surface area contributed by atoms with E-state index in [9.17, 15) is 0 Å². The number of nitrogens with two attached hydrogens (primary N) is 1. The molecule has 3 unspecified atom stereocenters. The van der Waals surface area contributed by atoms with Gasteiger partial charge < -0.3 is 5.73 Å². The minimum Gasteiger partial charge on any atom is -0.326 e. The summed E-state index contributed by atoms with van der Waals surface area (Å²) in [4.78, 5) is 0. The topological polar surface area (TPSA) is 26.0 Å². The average Bonchev–Trinajstić information content (AvgIpc) is 2.90. The maximum absolute atomic E-state index is 5.80. The van der Waals surface area contributed by atoms with Gasteiger partial charge in [-0.15, -0.1) is 0 Å². The van der Waals surface area contributed by atoms with Crippen molar-refractivity contribution in [2.24, 2.45) is 17.6 Å². The van der Waals surface area contributed by atoms with Gasteiger partial charge in [0.25, 0.3) is 0 Å². The lowest BCUT2D eigenvalue weighted by molar-refractivity contribution is 0.580. The Balaban J connectivity index is 1.96. The van der Waals surface area contributed by atoms with Crippen molar-refractivity contribution in [3.05, 3.63) is 47.5 Å². The number of allylic oxidation sites excluding steroid dienone is 2. The van der Waals surface area contributed by atoms with E-state index in [2.05, 4.69) is 36.4 Å². The van der Waals surface area contributed by atoms with E-state index in [1.165, 1.54) is 24.0 Å². The van der Waals surface area contributed by atoms with Gasteiger partial charge in [-0.25, -0.2) is 0 Å². The Morgan fingerprint density at radius 1 is 1.13 bits per heavy atom. The third-order valence-electron chi connectivity index (χ3n) is 3.95. The maximum atomic E-state index is 5.80. The van der Waals surface area contributed by atoms with Gasteiger partial charge in [-0.2, -0.15) is 0 Å². The highest BCUT2D eigenvalue weighted by atomic mass is 14.5. The minimum absolute atomic E-state index is 0.674. The van der Waals surface area contributed by atoms with Crippen molar-refractivity contribution in [3.63, 3.8) is 0 Å². The average molecular weight is 199 g/mol. The molecule has 3 rings (SSSR count). The molecule has 3 atom stereocenters. The van der Waals surface area contributed by atoms with Crippen LogP contribution >= 0.6 is 0 Å². The Labute approximate surface area is 91.0 Å². The van der Waals surface area contributed by atoms with Crippen molar-refractivity contribution in [1.29, 1.82) is 0 Å². The van der Waals surface area contributed by atoms with Crippen LogP contribution in [0, 0.1) is 11.8 Å². The lowest BCUT2D eigenvalue weighted by atomic mass is 9.84. The normalized spacial score (nSPS) is 32.5. The van der Waals surface area contributed by atoms with Crippen LogP contribution in [0.1, 0.15) is 29.9 Å². The number of rotatable bonds is 2. The van der Waals surface area contributed by atoms with Crippen molar-refractivity contribution in [3.8, 4) is 0 Å². The van der Waals surface area contributed by atoms with Gasteiger partial charge >= 0.3 is 0 Å². The Hall–Kier alpha value is -1.08. The van der Waals surface area contributed by atoms with Gasteiger partial charge in [-0.05, 0) is 41.7 Å². The molecule has 15 heavy (non-hydrogen) atoms. The first-order chi connectivity index (χ1) is 7.38. The largest absolute Gasteiger partial charge is 0.326 e. The Kier molecular flexibility index (Phi) is 2.14. The molecule has 1 aromatic carbocycles. The quantitative estimate of drug-likeness (QED) is 0.728. The number of hydrogen-bond donors (Lipinski definition) is 1. The Bertz CT molecular complexity index is 394. The van der Waals surface area contributed by atoms with Crippen molar-refractivity contribution in [2.75, 3.05) is 0 Å². The molecule has 1 aromatic rings. The van der Waals surface area contributed by atoms with E-state index >= 15 is 0 Å². The summed E-state index contributed by atoms with van der Waals surface area (Å²) in [5.74, 6) is 2.35. The molecule has 1 fully saturated rings. The van der Waals surface area contributed by atoms with E-state index in [1.54, 1.807) is 0 Å².